The zero-order valence-corrected chi connectivity index (χ0v) is 12.1. The summed E-state index contributed by atoms with van der Waals surface area (Å²) < 4.78 is 13.4. The van der Waals surface area contributed by atoms with Crippen molar-refractivity contribution in [3.63, 3.8) is 0 Å². The predicted octanol–water partition coefficient (Wildman–Crippen LogP) is -9.42. The van der Waals surface area contributed by atoms with Gasteiger partial charge in [0.1, 0.15) is 6.10 Å². The topological polar surface area (TPSA) is 130 Å². The Labute approximate surface area is 118 Å². The average molecular weight is 230 g/mol. The van der Waals surface area contributed by atoms with E-state index >= 15 is 0 Å². The number of hydrogen-bond acceptors (Lipinski definition) is 6. The van der Waals surface area contributed by atoms with Crippen LogP contribution in [-0.2, 0) is 13.9 Å². The first-order chi connectivity index (χ1) is 4.87. The molecule has 0 aliphatic carbocycles. The minimum absolute atomic E-state index is 0. The smallest absolute Gasteiger partial charge is 0.756 e. The molecule has 66 valence electrons. The Balaban J connectivity index is -0.000000500. The molecule has 0 amide bonds. The van der Waals surface area contributed by atoms with Crippen LogP contribution in [0.4, 0.5) is 0 Å². The summed E-state index contributed by atoms with van der Waals surface area (Å²) in [7, 11) is -5.12. The molecule has 0 radical (unpaired) electrons. The molecule has 2 unspecified atom stereocenters. The second-order valence-electron chi connectivity index (χ2n) is 1.56. The summed E-state index contributed by atoms with van der Waals surface area (Å²) in [5.74, 6) is -1.92. The number of carbonyl (C=O) groups is 1. The molecule has 0 aromatic rings. The fourth-order valence-electron chi connectivity index (χ4n) is 0.312. The van der Waals surface area contributed by atoms with Crippen molar-refractivity contribution in [2.45, 2.75) is 6.10 Å². The van der Waals surface area contributed by atoms with Crippen LogP contribution in [0, 0.1) is 0 Å². The molecule has 0 fully saturated rings. The first kappa shape index (κ1) is 20.0. The van der Waals surface area contributed by atoms with E-state index in [1.165, 1.54) is 0 Å². The van der Waals surface area contributed by atoms with Gasteiger partial charge in [-0.2, -0.15) is 0 Å². The van der Waals surface area contributed by atoms with Gasteiger partial charge in [0.25, 0.3) is 7.82 Å². The van der Waals surface area contributed by atoms with E-state index in [9.17, 15) is 19.4 Å². The summed E-state index contributed by atoms with van der Waals surface area (Å²) >= 11 is 0. The van der Waals surface area contributed by atoms with Crippen LogP contribution in [0.2, 0.25) is 0 Å². The maximum absolute atomic E-state index is 9.86. The molecular formula is C3H5Na2O7P. The van der Waals surface area contributed by atoms with E-state index in [0.717, 1.165) is 0 Å². The van der Waals surface area contributed by atoms with Gasteiger partial charge >= 0.3 is 59.1 Å². The summed E-state index contributed by atoms with van der Waals surface area (Å²) in [6, 6.07) is 0. The number of aliphatic carboxylic acids is 1. The number of hydrogen-bond donors (Lipinski definition) is 2. The van der Waals surface area contributed by atoms with Gasteiger partial charge in [-0.05, 0) is 0 Å². The Bertz CT molecular complexity index is 190. The Morgan fingerprint density at radius 1 is 1.54 bits per heavy atom. The standard InChI is InChI=1S/C3H7O7P.2Na/c4-1-2(3(5)6)10-11(7,8)9;;/h2,4H,1H2,(H,5,6)(H2,7,8,9);;/q;2*+1/p-2. The molecule has 0 aliphatic rings. The molecule has 0 bridgehead atoms. The zero-order chi connectivity index (χ0) is 9.07. The van der Waals surface area contributed by atoms with Gasteiger partial charge in [0, 0.05) is 0 Å². The van der Waals surface area contributed by atoms with Crippen molar-refractivity contribution in [3.8, 4) is 0 Å². The van der Waals surface area contributed by atoms with Crippen LogP contribution in [0.15, 0.2) is 0 Å². The van der Waals surface area contributed by atoms with Crippen LogP contribution in [0.25, 0.3) is 0 Å². The summed E-state index contributed by atoms with van der Waals surface area (Å²) in [5, 5.41) is 18.0. The van der Waals surface area contributed by atoms with Crippen molar-refractivity contribution in [1.82, 2.24) is 0 Å². The number of rotatable bonds is 4. The van der Waals surface area contributed by atoms with Crippen LogP contribution < -0.4 is 69.1 Å². The fourth-order valence-corrected chi connectivity index (χ4v) is 0.786. The second-order valence-corrected chi connectivity index (χ2v) is 2.71. The molecule has 0 saturated heterocycles. The van der Waals surface area contributed by atoms with E-state index in [2.05, 4.69) is 4.52 Å². The van der Waals surface area contributed by atoms with Gasteiger partial charge in [-0.15, -0.1) is 0 Å². The summed E-state index contributed by atoms with van der Waals surface area (Å²) in [4.78, 5) is 27.6. The van der Waals surface area contributed by atoms with Gasteiger partial charge in [0.2, 0.25) is 0 Å². The first-order valence-corrected chi connectivity index (χ1v) is 3.90. The molecule has 0 saturated carbocycles. The van der Waals surface area contributed by atoms with Crippen molar-refractivity contribution in [3.05, 3.63) is 0 Å². The third-order valence-corrected chi connectivity index (χ3v) is 1.21. The van der Waals surface area contributed by atoms with E-state index in [4.69, 9.17) is 10.00 Å². The number of carbonyl (C=O) groups excluding carboxylic acids is 1. The number of aliphatic hydroxyl groups is 1. The maximum Gasteiger partial charge on any atom is 1.00 e. The molecule has 0 aromatic carbocycles. The molecular weight excluding hydrogens is 225 g/mol. The van der Waals surface area contributed by atoms with Crippen LogP contribution in [0.5, 0.6) is 0 Å². The Hall–Kier alpha value is 1.54. The molecule has 0 spiro atoms. The number of phosphoric ester groups is 1. The monoisotopic (exact) mass is 230 g/mol. The average Bonchev–Trinajstić information content (AvgIpc) is 1.80. The van der Waals surface area contributed by atoms with Gasteiger partial charge in [-0.1, -0.05) is 0 Å². The van der Waals surface area contributed by atoms with Gasteiger partial charge in [0.15, 0.2) is 0 Å². The third kappa shape index (κ3) is 11.5. The van der Waals surface area contributed by atoms with Crippen LogP contribution in [0.1, 0.15) is 0 Å². The van der Waals surface area contributed by atoms with Crippen molar-refractivity contribution in [2.75, 3.05) is 6.61 Å². The normalized spacial score (nSPS) is 15.9. The molecule has 13 heavy (non-hydrogen) atoms. The number of carboxylic acids is 1. The summed E-state index contributed by atoms with van der Waals surface area (Å²) in [6.07, 6.45) is -2.05. The number of carboxylic acid groups (broad SMARTS) is 1. The van der Waals surface area contributed by atoms with Crippen molar-refractivity contribution < 1.29 is 93.0 Å². The SMILES string of the molecule is O=C([O-])C(CO)OP(=O)([O-])O.[Na+].[Na+]. The maximum atomic E-state index is 9.86. The largest absolute Gasteiger partial charge is 1.00 e. The van der Waals surface area contributed by atoms with Crippen LogP contribution in [0.3, 0.4) is 0 Å². The number of aliphatic hydroxyl groups excluding tert-OH is 1. The van der Waals surface area contributed by atoms with E-state index in [1.54, 1.807) is 0 Å². The van der Waals surface area contributed by atoms with Crippen molar-refractivity contribution >= 4 is 13.8 Å². The first-order valence-electron chi connectivity index (χ1n) is 2.40. The summed E-state index contributed by atoms with van der Waals surface area (Å²) in [5.41, 5.74) is 0. The molecule has 0 aromatic heterocycles. The van der Waals surface area contributed by atoms with Crippen LogP contribution >= 0.6 is 7.82 Å². The molecule has 0 heterocycles. The van der Waals surface area contributed by atoms with E-state index in [-0.39, 0.29) is 59.1 Å². The van der Waals surface area contributed by atoms with Gasteiger partial charge < -0.3 is 29.3 Å². The molecule has 0 rings (SSSR count). The third-order valence-electron chi connectivity index (χ3n) is 0.689. The van der Waals surface area contributed by atoms with E-state index < -0.39 is 26.5 Å². The molecule has 0 aliphatic heterocycles. The predicted molar refractivity (Wildman–Crippen MR) is 26.8 cm³/mol. The van der Waals surface area contributed by atoms with E-state index in [0.29, 0.717) is 0 Å². The second kappa shape index (κ2) is 8.82. The fraction of sp³-hybridized carbons (Fsp3) is 0.667. The van der Waals surface area contributed by atoms with Gasteiger partial charge in [0.05, 0.1) is 12.6 Å². The zero-order valence-electron chi connectivity index (χ0n) is 7.17. The quantitative estimate of drug-likeness (QED) is 0.362. The Morgan fingerprint density at radius 2 is 1.92 bits per heavy atom. The minimum atomic E-state index is -5.12. The van der Waals surface area contributed by atoms with E-state index in [1.807, 2.05) is 0 Å². The number of phosphoric acid groups is 1. The van der Waals surface area contributed by atoms with Crippen molar-refractivity contribution in [1.29, 1.82) is 0 Å². The summed E-state index contributed by atoms with van der Waals surface area (Å²) in [6.45, 7) is -1.09. The minimum Gasteiger partial charge on any atom is -0.756 e. The van der Waals surface area contributed by atoms with Gasteiger partial charge in [-0.3, -0.25) is 4.57 Å². The Morgan fingerprint density at radius 3 is 2.00 bits per heavy atom. The Kier molecular flexibility index (Phi) is 13.6. The molecule has 7 nitrogen and oxygen atoms in total. The molecule has 2 atom stereocenters. The van der Waals surface area contributed by atoms with Gasteiger partial charge in [-0.25, -0.2) is 0 Å². The molecule has 10 heteroatoms. The molecule has 2 N–H and O–H groups in total. The van der Waals surface area contributed by atoms with Crippen LogP contribution in [-0.4, -0.2) is 28.7 Å². The van der Waals surface area contributed by atoms with Crippen molar-refractivity contribution in [2.24, 2.45) is 0 Å².